The Labute approximate surface area is 168 Å². The molecule has 28 heavy (non-hydrogen) atoms. The summed E-state index contributed by atoms with van der Waals surface area (Å²) in [4.78, 5) is 16.6. The summed E-state index contributed by atoms with van der Waals surface area (Å²) in [6.45, 7) is 5.94. The van der Waals surface area contributed by atoms with Gasteiger partial charge in [-0.15, -0.1) is 0 Å². The molecule has 0 aromatic heterocycles. The van der Waals surface area contributed by atoms with Crippen LogP contribution in [0.2, 0.25) is 0 Å². The number of nitrogens with zero attached hydrogens (tertiary/aromatic N) is 3. The zero-order chi connectivity index (χ0) is 20.5. The van der Waals surface area contributed by atoms with Crippen molar-refractivity contribution in [3.63, 3.8) is 0 Å². The van der Waals surface area contributed by atoms with Gasteiger partial charge in [-0.25, -0.2) is 8.42 Å². The standard InChI is InChI=1S/C20H31N3O4S/c1-15(2)20(24)22-11-9-16-17(10-12-22)27-18-7-5-6-8-19(18)28(25,26)23(16)14-13-21(3)4/h5-8,15-17H,9-14H2,1-4H3/t16-,17-/m1/s1. The van der Waals surface area contributed by atoms with Crippen molar-refractivity contribution in [2.24, 2.45) is 5.92 Å². The van der Waals surface area contributed by atoms with Gasteiger partial charge in [0.15, 0.2) is 0 Å². The van der Waals surface area contributed by atoms with Gasteiger partial charge < -0.3 is 14.5 Å². The molecule has 2 atom stereocenters. The highest BCUT2D eigenvalue weighted by Gasteiger charge is 2.43. The molecule has 0 saturated carbocycles. The van der Waals surface area contributed by atoms with Gasteiger partial charge in [0.2, 0.25) is 15.9 Å². The normalized spacial score (nSPS) is 24.9. The van der Waals surface area contributed by atoms with Crippen molar-refractivity contribution in [3.05, 3.63) is 24.3 Å². The maximum absolute atomic E-state index is 13.5. The first kappa shape index (κ1) is 21.1. The molecule has 8 heteroatoms. The van der Waals surface area contributed by atoms with Crippen molar-refractivity contribution in [1.82, 2.24) is 14.1 Å². The van der Waals surface area contributed by atoms with Crippen molar-refractivity contribution in [1.29, 1.82) is 0 Å². The number of carbonyl (C=O) groups is 1. The molecule has 2 aliphatic rings. The topological polar surface area (TPSA) is 70.2 Å². The number of ether oxygens (including phenoxy) is 1. The quantitative estimate of drug-likeness (QED) is 0.756. The number of rotatable bonds is 4. The number of benzene rings is 1. The molecule has 0 bridgehead atoms. The van der Waals surface area contributed by atoms with Gasteiger partial charge in [-0.3, -0.25) is 4.79 Å². The van der Waals surface area contributed by atoms with Crippen LogP contribution in [0, 0.1) is 5.92 Å². The first-order chi connectivity index (χ1) is 13.2. The van der Waals surface area contributed by atoms with E-state index in [9.17, 15) is 13.2 Å². The van der Waals surface area contributed by atoms with Gasteiger partial charge in [0, 0.05) is 38.5 Å². The van der Waals surface area contributed by atoms with E-state index in [1.165, 1.54) is 0 Å². The van der Waals surface area contributed by atoms with Crippen LogP contribution in [-0.4, -0.2) is 80.9 Å². The molecular formula is C20H31N3O4S. The van der Waals surface area contributed by atoms with Crippen LogP contribution in [-0.2, 0) is 14.8 Å². The maximum Gasteiger partial charge on any atom is 0.247 e. The van der Waals surface area contributed by atoms with E-state index in [1.54, 1.807) is 28.6 Å². The van der Waals surface area contributed by atoms with E-state index < -0.39 is 10.0 Å². The fraction of sp³-hybridized carbons (Fsp3) is 0.650. The fourth-order valence-electron chi connectivity index (χ4n) is 3.93. The summed E-state index contributed by atoms with van der Waals surface area (Å²) in [6.07, 6.45) is 0.917. The molecule has 7 nitrogen and oxygen atoms in total. The minimum atomic E-state index is -3.68. The number of hydrogen-bond acceptors (Lipinski definition) is 5. The Balaban J connectivity index is 1.97. The first-order valence-electron chi connectivity index (χ1n) is 9.93. The molecule has 0 spiro atoms. The van der Waals surface area contributed by atoms with Crippen LogP contribution in [0.1, 0.15) is 26.7 Å². The van der Waals surface area contributed by atoms with Crippen LogP contribution in [0.25, 0.3) is 0 Å². The van der Waals surface area contributed by atoms with Gasteiger partial charge in [0.25, 0.3) is 0 Å². The van der Waals surface area contributed by atoms with Crippen LogP contribution in [0.3, 0.4) is 0 Å². The minimum Gasteiger partial charge on any atom is -0.487 e. The summed E-state index contributed by atoms with van der Waals surface area (Å²) in [5, 5.41) is 0. The monoisotopic (exact) mass is 409 g/mol. The number of likely N-dealkylation sites (tertiary alicyclic amines) is 1. The lowest BCUT2D eigenvalue weighted by Crippen LogP contribution is -2.49. The van der Waals surface area contributed by atoms with E-state index >= 15 is 0 Å². The van der Waals surface area contributed by atoms with E-state index in [0.29, 0.717) is 44.8 Å². The highest BCUT2D eigenvalue weighted by molar-refractivity contribution is 7.89. The van der Waals surface area contributed by atoms with Crippen LogP contribution < -0.4 is 4.74 Å². The Morgan fingerprint density at radius 2 is 1.89 bits per heavy atom. The van der Waals surface area contributed by atoms with E-state index in [-0.39, 0.29) is 28.9 Å². The summed E-state index contributed by atoms with van der Waals surface area (Å²) in [5.74, 6) is 0.450. The molecule has 0 unspecified atom stereocenters. The third-order valence-electron chi connectivity index (χ3n) is 5.46. The molecule has 2 aliphatic heterocycles. The van der Waals surface area contributed by atoms with Crippen LogP contribution in [0.15, 0.2) is 29.2 Å². The average molecular weight is 410 g/mol. The summed E-state index contributed by atoms with van der Waals surface area (Å²) in [7, 11) is 0.189. The van der Waals surface area contributed by atoms with Crippen molar-refractivity contribution >= 4 is 15.9 Å². The van der Waals surface area contributed by atoms with Crippen molar-refractivity contribution < 1.29 is 17.9 Å². The lowest BCUT2D eigenvalue weighted by atomic mass is 10.1. The summed E-state index contributed by atoms with van der Waals surface area (Å²) in [5.41, 5.74) is 0. The molecule has 156 valence electrons. The molecule has 2 heterocycles. The van der Waals surface area contributed by atoms with Gasteiger partial charge in [-0.05, 0) is 32.6 Å². The summed E-state index contributed by atoms with van der Waals surface area (Å²) in [6, 6.07) is 6.58. The van der Waals surface area contributed by atoms with Crippen molar-refractivity contribution in [2.75, 3.05) is 40.3 Å². The van der Waals surface area contributed by atoms with Crippen molar-refractivity contribution in [3.8, 4) is 5.75 Å². The second-order valence-electron chi connectivity index (χ2n) is 8.15. The lowest BCUT2D eigenvalue weighted by molar-refractivity contribution is -0.134. The predicted molar refractivity (Wildman–Crippen MR) is 108 cm³/mol. The molecule has 0 radical (unpaired) electrons. The summed E-state index contributed by atoms with van der Waals surface area (Å²) < 4.78 is 34.8. The molecule has 1 aromatic rings. The summed E-state index contributed by atoms with van der Waals surface area (Å²) >= 11 is 0. The third kappa shape index (κ3) is 4.18. The number of carbonyl (C=O) groups excluding carboxylic acids is 1. The van der Waals surface area contributed by atoms with Gasteiger partial charge in [0.1, 0.15) is 16.7 Å². The Bertz CT molecular complexity index is 809. The second kappa shape index (κ2) is 8.39. The first-order valence-corrected chi connectivity index (χ1v) is 11.4. The Kier molecular flexibility index (Phi) is 6.31. The van der Waals surface area contributed by atoms with E-state index in [2.05, 4.69) is 0 Å². The molecule has 1 amide bonds. The predicted octanol–water partition coefficient (Wildman–Crippen LogP) is 1.65. The molecule has 1 saturated heterocycles. The Morgan fingerprint density at radius 1 is 1.21 bits per heavy atom. The molecule has 1 aromatic carbocycles. The number of likely N-dealkylation sites (N-methyl/N-ethyl adjacent to an activating group) is 1. The van der Waals surface area contributed by atoms with Crippen LogP contribution in [0.5, 0.6) is 5.75 Å². The van der Waals surface area contributed by atoms with Gasteiger partial charge >= 0.3 is 0 Å². The van der Waals surface area contributed by atoms with Crippen LogP contribution >= 0.6 is 0 Å². The highest BCUT2D eigenvalue weighted by atomic mass is 32.2. The van der Waals surface area contributed by atoms with E-state index in [4.69, 9.17) is 4.74 Å². The van der Waals surface area contributed by atoms with Crippen LogP contribution in [0.4, 0.5) is 0 Å². The number of hydrogen-bond donors (Lipinski definition) is 0. The molecule has 0 N–H and O–H groups in total. The SMILES string of the molecule is CC(C)C(=O)N1CC[C@@H]2[C@@H](CC1)Oc1ccccc1S(=O)(=O)N2CCN(C)C. The van der Waals surface area contributed by atoms with Crippen molar-refractivity contribution in [2.45, 2.75) is 43.7 Å². The second-order valence-corrected chi connectivity index (χ2v) is 10.0. The third-order valence-corrected chi connectivity index (χ3v) is 7.43. The van der Waals surface area contributed by atoms with E-state index in [1.807, 2.05) is 37.7 Å². The van der Waals surface area contributed by atoms with E-state index in [0.717, 1.165) is 0 Å². The number of para-hydroxylation sites is 1. The average Bonchev–Trinajstić information content (AvgIpc) is 2.88. The number of sulfonamides is 1. The molecular weight excluding hydrogens is 378 g/mol. The Morgan fingerprint density at radius 3 is 2.57 bits per heavy atom. The largest absolute Gasteiger partial charge is 0.487 e. The minimum absolute atomic E-state index is 0.0712. The van der Waals surface area contributed by atoms with Gasteiger partial charge in [0.05, 0.1) is 6.04 Å². The molecule has 0 aliphatic carbocycles. The Hall–Kier alpha value is -1.64. The maximum atomic E-state index is 13.5. The van der Waals surface area contributed by atoms with Gasteiger partial charge in [-0.2, -0.15) is 4.31 Å². The molecule has 3 rings (SSSR count). The smallest absolute Gasteiger partial charge is 0.247 e. The highest BCUT2D eigenvalue weighted by Crippen LogP contribution is 2.36. The fourth-order valence-corrected chi connectivity index (χ4v) is 5.72. The lowest BCUT2D eigenvalue weighted by Gasteiger charge is -2.32. The number of amides is 1. The van der Waals surface area contributed by atoms with Gasteiger partial charge in [-0.1, -0.05) is 26.0 Å². The zero-order valence-corrected chi connectivity index (χ0v) is 18.0. The zero-order valence-electron chi connectivity index (χ0n) is 17.2. The molecule has 1 fully saturated rings. The number of fused-ring (bicyclic) bond motifs is 2.